The van der Waals surface area contributed by atoms with Crippen LogP contribution in [-0.4, -0.2) is 36.6 Å². The van der Waals surface area contributed by atoms with Crippen LogP contribution in [0.1, 0.15) is 22.8 Å². The van der Waals surface area contributed by atoms with Gasteiger partial charge in [0.15, 0.2) is 17.4 Å². The van der Waals surface area contributed by atoms with Crippen molar-refractivity contribution in [2.75, 3.05) is 7.11 Å². The molecule has 0 spiro atoms. The summed E-state index contributed by atoms with van der Waals surface area (Å²) in [5, 5.41) is 13.0. The molecule has 1 aliphatic heterocycles. The van der Waals surface area contributed by atoms with E-state index in [1.807, 2.05) is 61.5 Å². The van der Waals surface area contributed by atoms with E-state index in [1.165, 1.54) is 0 Å². The van der Waals surface area contributed by atoms with Crippen molar-refractivity contribution in [3.05, 3.63) is 83.7 Å². The lowest BCUT2D eigenvalue weighted by molar-refractivity contribution is 0.0994. The third-order valence-electron chi connectivity index (χ3n) is 5.91. The van der Waals surface area contributed by atoms with Gasteiger partial charge in [0.25, 0.3) is 0 Å². The smallest absolute Gasteiger partial charge is 0.187 e. The number of aryl methyl sites for hydroxylation is 1. The normalized spacial score (nSPS) is 12.1. The second kappa shape index (κ2) is 8.27. The van der Waals surface area contributed by atoms with Gasteiger partial charge in [-0.3, -0.25) is 4.57 Å². The zero-order chi connectivity index (χ0) is 23.1. The molecule has 0 unspecified atom stereocenters. The number of hydrogen-bond acceptors (Lipinski definition) is 7. The number of nitrogens with zero attached hydrogens (tertiary/aromatic N) is 6. The highest BCUT2D eigenvalue weighted by atomic mass is 16.5. The summed E-state index contributed by atoms with van der Waals surface area (Å²) in [5.41, 5.74) is 5.43. The van der Waals surface area contributed by atoms with Crippen LogP contribution >= 0.6 is 0 Å². The maximum Gasteiger partial charge on any atom is 0.187 e. The summed E-state index contributed by atoms with van der Waals surface area (Å²) in [6.45, 7) is 3.21. The Hall–Kier alpha value is -4.24. The molecule has 0 bridgehead atoms. The average molecular weight is 454 g/mol. The first-order valence-electron chi connectivity index (χ1n) is 10.9. The number of fused-ring (bicyclic) bond motifs is 5. The van der Waals surface area contributed by atoms with E-state index in [0.29, 0.717) is 25.5 Å². The van der Waals surface area contributed by atoms with Crippen LogP contribution in [0.5, 0.6) is 5.75 Å². The van der Waals surface area contributed by atoms with Gasteiger partial charge in [-0.25, -0.2) is 4.98 Å². The number of rotatable bonds is 6. The molecule has 0 saturated heterocycles. The molecule has 0 fully saturated rings. The molecule has 3 aromatic heterocycles. The van der Waals surface area contributed by atoms with Gasteiger partial charge < -0.3 is 18.6 Å². The van der Waals surface area contributed by atoms with Crippen molar-refractivity contribution in [3.8, 4) is 34.3 Å². The maximum absolute atomic E-state index is 5.99. The maximum atomic E-state index is 5.99. The molecule has 0 amide bonds. The minimum Gasteiger partial charge on any atom is -0.497 e. The van der Waals surface area contributed by atoms with Gasteiger partial charge in [-0.05, 0) is 30.7 Å². The number of ether oxygens (including phenoxy) is 2. The van der Waals surface area contributed by atoms with Gasteiger partial charge in [0.1, 0.15) is 24.4 Å². The first kappa shape index (κ1) is 20.4. The van der Waals surface area contributed by atoms with Gasteiger partial charge in [0.05, 0.1) is 37.3 Å². The van der Waals surface area contributed by atoms with Gasteiger partial charge in [0, 0.05) is 11.6 Å². The summed E-state index contributed by atoms with van der Waals surface area (Å²) in [4.78, 5) is 4.67. The van der Waals surface area contributed by atoms with E-state index < -0.39 is 0 Å². The van der Waals surface area contributed by atoms with Crippen LogP contribution in [0.4, 0.5) is 0 Å². The molecule has 9 heteroatoms. The molecule has 34 heavy (non-hydrogen) atoms. The first-order chi connectivity index (χ1) is 16.7. The van der Waals surface area contributed by atoms with Crippen LogP contribution in [0.25, 0.3) is 28.5 Å². The fourth-order valence-corrected chi connectivity index (χ4v) is 4.24. The van der Waals surface area contributed by atoms with Gasteiger partial charge in [-0.15, -0.1) is 10.2 Å². The van der Waals surface area contributed by atoms with E-state index in [9.17, 15) is 0 Å². The molecule has 170 valence electrons. The predicted octanol–water partition coefficient (Wildman–Crippen LogP) is 4.18. The summed E-state index contributed by atoms with van der Waals surface area (Å²) in [5.74, 6) is 2.84. The minimum atomic E-state index is 0.325. The molecule has 1 aliphatic rings. The van der Waals surface area contributed by atoms with Gasteiger partial charge in [-0.1, -0.05) is 35.5 Å². The molecule has 0 aliphatic carbocycles. The highest BCUT2D eigenvalue weighted by Gasteiger charge is 2.28. The average Bonchev–Trinajstić information content (AvgIpc) is 3.57. The molecule has 4 heterocycles. The zero-order valence-corrected chi connectivity index (χ0v) is 18.8. The largest absolute Gasteiger partial charge is 0.497 e. The Bertz CT molecular complexity index is 1470. The van der Waals surface area contributed by atoms with E-state index >= 15 is 0 Å². The molecular formula is C25H22N6O3. The molecule has 0 radical (unpaired) electrons. The summed E-state index contributed by atoms with van der Waals surface area (Å²) in [7, 11) is 1.65. The number of methoxy groups -OCH3 is 1. The highest BCUT2D eigenvalue weighted by molar-refractivity contribution is 5.73. The van der Waals surface area contributed by atoms with Crippen LogP contribution in [0.2, 0.25) is 0 Å². The Labute approximate surface area is 195 Å². The van der Waals surface area contributed by atoms with Gasteiger partial charge in [-0.2, -0.15) is 0 Å². The standard InChI is InChI=1S/C25H22N6O3/c1-16-10-22(34-29-16)24-21-12-30-23(14-33-13-17-6-4-3-5-7-17)27-28-25(30)19-11-18(32-2)8-9-20(19)31(21)15-26-24/h3-11,15H,12-14H2,1-2H3. The fraction of sp³-hybridized carbons (Fsp3) is 0.200. The number of imidazole rings is 1. The van der Waals surface area contributed by atoms with E-state index in [1.54, 1.807) is 13.4 Å². The predicted molar refractivity (Wildman–Crippen MR) is 123 cm³/mol. The Morgan fingerprint density at radius 3 is 2.71 bits per heavy atom. The van der Waals surface area contributed by atoms with Crippen LogP contribution < -0.4 is 4.74 Å². The Morgan fingerprint density at radius 1 is 1.03 bits per heavy atom. The Morgan fingerprint density at radius 2 is 1.91 bits per heavy atom. The Kier molecular flexibility index (Phi) is 4.96. The minimum absolute atomic E-state index is 0.325. The number of benzene rings is 2. The monoisotopic (exact) mass is 454 g/mol. The second-order valence-corrected chi connectivity index (χ2v) is 8.13. The van der Waals surface area contributed by atoms with Crippen LogP contribution in [0.15, 0.2) is 65.4 Å². The van der Waals surface area contributed by atoms with Gasteiger partial charge in [0.2, 0.25) is 0 Å². The first-order valence-corrected chi connectivity index (χ1v) is 10.9. The van der Waals surface area contributed by atoms with Crippen molar-refractivity contribution >= 4 is 0 Å². The molecule has 6 rings (SSSR count). The summed E-state index contributed by atoms with van der Waals surface area (Å²) in [6.07, 6.45) is 1.80. The molecule has 0 N–H and O–H groups in total. The zero-order valence-electron chi connectivity index (χ0n) is 18.8. The lowest BCUT2D eigenvalue weighted by atomic mass is 10.1. The van der Waals surface area contributed by atoms with Crippen LogP contribution in [0.3, 0.4) is 0 Å². The molecule has 5 aromatic rings. The van der Waals surface area contributed by atoms with Crippen LogP contribution in [-0.2, 0) is 24.5 Å². The topological polar surface area (TPSA) is 93.0 Å². The van der Waals surface area contributed by atoms with E-state index in [2.05, 4.69) is 29.5 Å². The second-order valence-electron chi connectivity index (χ2n) is 8.13. The van der Waals surface area contributed by atoms with E-state index in [-0.39, 0.29) is 0 Å². The lowest BCUT2D eigenvalue weighted by Gasteiger charge is -2.10. The van der Waals surface area contributed by atoms with Crippen molar-refractivity contribution < 1.29 is 14.0 Å². The summed E-state index contributed by atoms with van der Waals surface area (Å²) < 4.78 is 21.2. The molecular weight excluding hydrogens is 432 g/mol. The quantitative estimate of drug-likeness (QED) is 0.373. The molecule has 0 saturated carbocycles. The lowest BCUT2D eigenvalue weighted by Crippen LogP contribution is -2.09. The number of hydrogen-bond donors (Lipinski definition) is 0. The number of aromatic nitrogens is 6. The Balaban J connectivity index is 1.43. The molecule has 0 atom stereocenters. The van der Waals surface area contributed by atoms with Crippen LogP contribution in [0, 0.1) is 6.92 Å². The third-order valence-corrected chi connectivity index (χ3v) is 5.91. The van der Waals surface area contributed by atoms with Crippen molar-refractivity contribution in [1.82, 2.24) is 29.5 Å². The highest BCUT2D eigenvalue weighted by Crippen LogP contribution is 2.37. The van der Waals surface area contributed by atoms with Crippen molar-refractivity contribution in [3.63, 3.8) is 0 Å². The summed E-state index contributed by atoms with van der Waals surface area (Å²) in [6, 6.07) is 17.9. The molecule has 9 nitrogen and oxygen atoms in total. The SMILES string of the molecule is COc1ccc2c(c1)-c1nnc(COCc3ccccc3)n1Cc1c(-c3cc(C)no3)ncn1-2. The van der Waals surface area contributed by atoms with E-state index in [4.69, 9.17) is 14.0 Å². The van der Waals surface area contributed by atoms with E-state index in [0.717, 1.165) is 51.3 Å². The van der Waals surface area contributed by atoms with Crippen molar-refractivity contribution in [2.24, 2.45) is 0 Å². The van der Waals surface area contributed by atoms with Gasteiger partial charge >= 0.3 is 0 Å². The molecule has 2 aromatic carbocycles. The summed E-state index contributed by atoms with van der Waals surface area (Å²) >= 11 is 0. The van der Waals surface area contributed by atoms with Crippen molar-refractivity contribution in [1.29, 1.82) is 0 Å². The fourth-order valence-electron chi connectivity index (χ4n) is 4.24. The van der Waals surface area contributed by atoms with Crippen molar-refractivity contribution in [2.45, 2.75) is 26.7 Å². The third kappa shape index (κ3) is 3.46.